The van der Waals surface area contributed by atoms with E-state index >= 15 is 0 Å². The van der Waals surface area contributed by atoms with Gasteiger partial charge in [-0.3, -0.25) is 52.7 Å². The number of carboxylic acid groups (broad SMARTS) is 5. The molecule has 28 nitrogen and oxygen atoms in total. The molecule has 2 rings (SSSR count). The molecule has 2 aromatic rings. The fraction of sp³-hybridized carbons (Fsp3) is 0.469. The summed E-state index contributed by atoms with van der Waals surface area (Å²) in [6, 6.07) is 4.00. The molecule has 422 valence electrons. The fourth-order valence-electron chi connectivity index (χ4n) is 6.50. The van der Waals surface area contributed by atoms with Crippen LogP contribution in [0.5, 0.6) is 5.75 Å². The number of aromatic carboxylic acids is 1. The maximum absolute atomic E-state index is 13.4. The van der Waals surface area contributed by atoms with Gasteiger partial charge in [0, 0.05) is 44.3 Å². The Bertz CT molecular complexity index is 2400. The van der Waals surface area contributed by atoms with E-state index in [9.17, 15) is 88.2 Å². The molecule has 28 heteroatoms. The Morgan fingerprint density at radius 2 is 0.883 bits per heavy atom. The molecule has 12 N–H and O–H groups in total. The molecule has 0 aliphatic rings. The molecule has 77 heavy (non-hydrogen) atoms. The molecule has 0 heterocycles. The molecule has 0 aromatic heterocycles. The number of amides is 6. The molecule has 0 fully saturated rings. The lowest BCUT2D eigenvalue weighted by Gasteiger charge is -2.23. The summed E-state index contributed by atoms with van der Waals surface area (Å²) in [5.74, 6) is -12.3. The first-order valence-corrected chi connectivity index (χ1v) is 23.8. The zero-order valence-electron chi connectivity index (χ0n) is 41.9. The second-order valence-electron chi connectivity index (χ2n) is 16.6. The molecule has 0 aliphatic carbocycles. The van der Waals surface area contributed by atoms with Crippen molar-refractivity contribution < 1.29 is 107 Å². The number of nitrogens with one attached hydrogen (secondary N) is 6. The highest BCUT2D eigenvalue weighted by Crippen LogP contribution is 2.20. The van der Waals surface area contributed by atoms with Gasteiger partial charge in [-0.1, -0.05) is 30.4 Å². The summed E-state index contributed by atoms with van der Waals surface area (Å²) in [4.78, 5) is 146. The number of ketones is 1. The van der Waals surface area contributed by atoms with Crippen molar-refractivity contribution in [3.8, 4) is 5.75 Å². The van der Waals surface area contributed by atoms with Gasteiger partial charge in [-0.05, 0) is 68.0 Å². The Balaban J connectivity index is 1.92. The number of Topliss-reactive ketones (excluding diaryl/α,β-unsaturated/α-hetero) is 1. The number of carbonyl (C=O) groups excluding carboxylic acids is 7. The number of rotatable bonds is 40. The van der Waals surface area contributed by atoms with Gasteiger partial charge in [0.05, 0.1) is 39.6 Å². The maximum atomic E-state index is 13.4. The van der Waals surface area contributed by atoms with Gasteiger partial charge in [0.15, 0.2) is 5.78 Å². The van der Waals surface area contributed by atoms with Crippen molar-refractivity contribution in [2.75, 3.05) is 65.9 Å². The molecule has 0 radical (unpaired) electrons. The Morgan fingerprint density at radius 3 is 1.32 bits per heavy atom. The lowest BCUT2D eigenvalue weighted by atomic mass is 10.1. The lowest BCUT2D eigenvalue weighted by molar-refractivity contribution is -0.140. The first-order chi connectivity index (χ1) is 36.6. The topological polar surface area (TPSA) is 435 Å². The summed E-state index contributed by atoms with van der Waals surface area (Å²) in [7, 11) is 0. The summed E-state index contributed by atoms with van der Waals surface area (Å²) in [6.07, 6.45) is -0.677. The largest absolute Gasteiger partial charge is 0.507 e. The number of carbonyl (C=O) groups is 12. The molecule has 0 spiro atoms. The number of hydrogen-bond acceptors (Lipinski definition) is 17. The standard InChI is InChI=1S/C49H64N6O22/c1-29(56)27-76-24-22-74-20-18-50-45(68)34(9-14-40(59)60)54-47(70)36(11-16-42(63)64)52-39(58)28-77-25-23-75-21-19-51-46(69)35(10-15-41(61)62)55-48(71)37(12-17-43(65)66)53-44(67)32-7-4-30(5-8-32)2-3-31-6-13-38(57)33(26-31)49(72)73/h2-8,13,26,34-37,57H,9-12,14-25,27-28H2,1H3,(H,50,68)(H,51,69)(H,52,58)(H,53,67)(H,54,70)(H,55,71)(H,59,60)(H,61,62)(H,63,64)(H,65,66)(H,72,73)/b3-2+/t34-,35-,36-,37-/m0/s1. The van der Waals surface area contributed by atoms with Crippen molar-refractivity contribution in [3.05, 3.63) is 64.7 Å². The van der Waals surface area contributed by atoms with Gasteiger partial charge in [-0.2, -0.15) is 0 Å². The second-order valence-corrected chi connectivity index (χ2v) is 16.6. The van der Waals surface area contributed by atoms with Crippen molar-refractivity contribution >= 4 is 83.2 Å². The third-order valence-electron chi connectivity index (χ3n) is 10.4. The summed E-state index contributed by atoms with van der Waals surface area (Å²) < 4.78 is 21.0. The summed E-state index contributed by atoms with van der Waals surface area (Å²) in [6.45, 7) is 0.0999. The summed E-state index contributed by atoms with van der Waals surface area (Å²) in [5.41, 5.74) is 0.789. The number of aliphatic carboxylic acids is 4. The minimum atomic E-state index is -1.49. The van der Waals surface area contributed by atoms with Crippen molar-refractivity contribution in [3.63, 3.8) is 0 Å². The van der Waals surface area contributed by atoms with Gasteiger partial charge < -0.3 is 81.5 Å². The smallest absolute Gasteiger partial charge is 0.339 e. The predicted octanol–water partition coefficient (Wildman–Crippen LogP) is -0.839. The highest BCUT2D eigenvalue weighted by molar-refractivity contribution is 5.99. The van der Waals surface area contributed by atoms with E-state index < -0.39 is 147 Å². The SMILES string of the molecule is CC(=O)COCCOCCNC(=O)[C@H](CCC(=O)O)NC(=O)[C@H](CCC(=O)O)NC(=O)COCCOCCNC(=O)[C@H](CCC(=O)O)NC(=O)[C@H](CCC(=O)O)NC(=O)c1ccc(/C=C/c2ccc(O)c(C(=O)O)c2)cc1. The highest BCUT2D eigenvalue weighted by atomic mass is 16.5. The fourth-order valence-corrected chi connectivity index (χ4v) is 6.50. The molecule has 0 saturated heterocycles. The Morgan fingerprint density at radius 1 is 0.481 bits per heavy atom. The average molecular weight is 1090 g/mol. The van der Waals surface area contributed by atoms with E-state index in [1.54, 1.807) is 12.2 Å². The Kier molecular flexibility index (Phi) is 30.1. The zero-order valence-corrected chi connectivity index (χ0v) is 41.9. The number of benzene rings is 2. The van der Waals surface area contributed by atoms with Gasteiger partial charge in [-0.25, -0.2) is 4.79 Å². The van der Waals surface area contributed by atoms with Crippen LogP contribution in [0.25, 0.3) is 12.2 Å². The molecule has 0 bridgehead atoms. The van der Waals surface area contributed by atoms with Crippen LogP contribution in [0.2, 0.25) is 0 Å². The molecule has 4 atom stereocenters. The van der Waals surface area contributed by atoms with Crippen LogP contribution in [0.1, 0.15) is 90.1 Å². The van der Waals surface area contributed by atoms with Crippen LogP contribution in [0.4, 0.5) is 0 Å². The van der Waals surface area contributed by atoms with E-state index in [2.05, 4.69) is 31.9 Å². The van der Waals surface area contributed by atoms with E-state index in [1.807, 2.05) is 0 Å². The van der Waals surface area contributed by atoms with Crippen molar-refractivity contribution in [1.82, 2.24) is 31.9 Å². The van der Waals surface area contributed by atoms with Crippen LogP contribution in [0.3, 0.4) is 0 Å². The van der Waals surface area contributed by atoms with Crippen molar-refractivity contribution in [2.24, 2.45) is 0 Å². The zero-order chi connectivity index (χ0) is 57.3. The molecule has 0 saturated carbocycles. The molecular formula is C49H64N6O22. The van der Waals surface area contributed by atoms with Crippen LogP contribution < -0.4 is 31.9 Å². The van der Waals surface area contributed by atoms with Crippen LogP contribution in [0.15, 0.2) is 42.5 Å². The van der Waals surface area contributed by atoms with Crippen LogP contribution >= 0.6 is 0 Å². The normalized spacial score (nSPS) is 12.5. The minimum absolute atomic E-state index is 0.00571. The quantitative estimate of drug-likeness (QED) is 0.0286. The van der Waals surface area contributed by atoms with Gasteiger partial charge in [0.2, 0.25) is 29.5 Å². The lowest BCUT2D eigenvalue weighted by Crippen LogP contribution is -2.54. The van der Waals surface area contributed by atoms with Gasteiger partial charge in [0.25, 0.3) is 5.91 Å². The molecule has 0 unspecified atom stereocenters. The number of carboxylic acids is 5. The van der Waals surface area contributed by atoms with Crippen LogP contribution in [-0.4, -0.2) is 192 Å². The van der Waals surface area contributed by atoms with E-state index in [0.717, 1.165) is 0 Å². The molecule has 2 aromatic carbocycles. The van der Waals surface area contributed by atoms with E-state index in [4.69, 9.17) is 18.9 Å². The van der Waals surface area contributed by atoms with E-state index in [-0.39, 0.29) is 82.7 Å². The monoisotopic (exact) mass is 1090 g/mol. The molecular weight excluding hydrogens is 1020 g/mol. The third kappa shape index (κ3) is 28.2. The second kappa shape index (κ2) is 35.8. The van der Waals surface area contributed by atoms with E-state index in [1.165, 1.54) is 49.4 Å². The highest BCUT2D eigenvalue weighted by Gasteiger charge is 2.30. The Hall–Kier alpha value is -8.34. The number of aromatic hydroxyl groups is 1. The molecule has 0 aliphatic heterocycles. The number of phenols is 1. The van der Waals surface area contributed by atoms with Gasteiger partial charge in [-0.15, -0.1) is 0 Å². The first-order valence-electron chi connectivity index (χ1n) is 23.8. The first kappa shape index (κ1) is 64.8. The minimum Gasteiger partial charge on any atom is -0.507 e. The third-order valence-corrected chi connectivity index (χ3v) is 10.4. The van der Waals surface area contributed by atoms with Gasteiger partial charge in [0.1, 0.15) is 48.7 Å². The predicted molar refractivity (Wildman–Crippen MR) is 265 cm³/mol. The molecule has 6 amide bonds. The van der Waals surface area contributed by atoms with E-state index in [0.29, 0.717) is 11.1 Å². The summed E-state index contributed by atoms with van der Waals surface area (Å²) in [5, 5.41) is 70.4. The van der Waals surface area contributed by atoms with Crippen molar-refractivity contribution in [2.45, 2.75) is 82.5 Å². The maximum Gasteiger partial charge on any atom is 0.339 e. The average Bonchev–Trinajstić information content (AvgIpc) is 3.37. The summed E-state index contributed by atoms with van der Waals surface area (Å²) >= 11 is 0. The number of hydrogen-bond donors (Lipinski definition) is 12. The Labute approximate surface area is 440 Å². The van der Waals surface area contributed by atoms with Crippen LogP contribution in [0, 0.1) is 0 Å². The van der Waals surface area contributed by atoms with Crippen LogP contribution in [-0.2, 0) is 66.9 Å². The van der Waals surface area contributed by atoms with Gasteiger partial charge >= 0.3 is 29.8 Å². The van der Waals surface area contributed by atoms with Crippen molar-refractivity contribution in [1.29, 1.82) is 0 Å². The number of ether oxygens (including phenoxy) is 4.